The van der Waals surface area contributed by atoms with E-state index in [1.807, 2.05) is 114 Å². The van der Waals surface area contributed by atoms with Gasteiger partial charge in [-0.3, -0.25) is 4.99 Å². The maximum atomic E-state index is 11.1. The smallest absolute Gasteiger partial charge is 0.157 e. The van der Waals surface area contributed by atoms with E-state index in [2.05, 4.69) is 85.0 Å². The summed E-state index contributed by atoms with van der Waals surface area (Å²) >= 11 is 0. The number of aromatic hydroxyl groups is 1. The van der Waals surface area contributed by atoms with Crippen LogP contribution in [0, 0.1) is 0 Å². The van der Waals surface area contributed by atoms with E-state index in [9.17, 15) is 5.11 Å². The molecule has 1 aromatic heterocycles. The fraction of sp³-hybridized carbons (Fsp3) is 0.308. The monoisotopic (exact) mass is 768 g/mol. The highest BCUT2D eigenvalue weighted by Crippen LogP contribution is 2.33. The Balaban J connectivity index is 0.00000112. The molecule has 5 nitrogen and oxygen atoms in total. The van der Waals surface area contributed by atoms with Gasteiger partial charge in [0.25, 0.3) is 0 Å². The van der Waals surface area contributed by atoms with Gasteiger partial charge >= 0.3 is 0 Å². The maximum Gasteiger partial charge on any atom is 0.157 e. The summed E-state index contributed by atoms with van der Waals surface area (Å²) in [5.74, 6) is 1.33. The van der Waals surface area contributed by atoms with Gasteiger partial charge in [-0.05, 0) is 66.3 Å². The summed E-state index contributed by atoms with van der Waals surface area (Å²) in [5, 5.41) is 13.3. The average molecular weight is 768 g/mol. The zero-order valence-corrected chi connectivity index (χ0v) is 36.9. The van der Waals surface area contributed by atoms with Gasteiger partial charge in [0.1, 0.15) is 22.8 Å². The Morgan fingerprint density at radius 3 is 1.79 bits per heavy atom. The number of aliphatic imine (C=N–C) groups is 2. The predicted octanol–water partition coefficient (Wildman–Crippen LogP) is 15.5. The highest BCUT2D eigenvalue weighted by molar-refractivity contribution is 6.11. The number of nitrogens with two attached hydrogens (primary N) is 1. The summed E-state index contributed by atoms with van der Waals surface area (Å²) in [6, 6.07) is 35.7. The number of rotatable bonds is 7. The SMILES string of the molecule is C=C(C)c1ccc(-c2ccc(C(N=C(N)c3ccccc3)=NCc3ccc4c(c3)oc3cc(C(C)C)ccc34)cc2O)cc1.C=CC.CC.CC.CCC.CCC. The number of allylic oxidation sites excluding steroid dienone is 2. The molecular formula is C52H69N3O2. The quantitative estimate of drug-likeness (QED) is 0.0964. The first-order valence-electron chi connectivity index (χ1n) is 20.6. The van der Waals surface area contributed by atoms with Crippen LogP contribution in [0.2, 0.25) is 0 Å². The first-order valence-corrected chi connectivity index (χ1v) is 20.6. The minimum absolute atomic E-state index is 0.135. The van der Waals surface area contributed by atoms with Gasteiger partial charge in [0.05, 0.1) is 6.54 Å². The molecule has 0 radical (unpaired) electrons. The second-order valence-electron chi connectivity index (χ2n) is 13.3. The predicted molar refractivity (Wildman–Crippen MR) is 254 cm³/mol. The van der Waals surface area contributed by atoms with Crippen LogP contribution in [0.1, 0.15) is 130 Å². The molecule has 1 heterocycles. The van der Waals surface area contributed by atoms with Crippen LogP contribution in [0.4, 0.5) is 0 Å². The molecule has 0 spiro atoms. The van der Waals surface area contributed by atoms with Crippen LogP contribution in [0.5, 0.6) is 5.75 Å². The summed E-state index contributed by atoms with van der Waals surface area (Å²) in [6.45, 7) is 32.4. The van der Waals surface area contributed by atoms with E-state index in [0.717, 1.165) is 55.3 Å². The molecule has 0 bridgehead atoms. The Morgan fingerprint density at radius 1 is 0.737 bits per heavy atom. The standard InChI is InChI=1S/C39H35N3O2.2C3H8.C3H6.2C2H6/c1-24(2)27-11-13-28(14-12-27)32-18-16-31(21-35(32)43)39(42-38(40)29-8-6-5-7-9-29)41-23-26-10-17-33-34-19-15-30(25(3)4)22-37(34)44-36(33)20-26;3*1-3-2;2*1-2/h5-22,25,43H,1,23H2,2-4H3,(H2,40,41,42);2*3H2,1-2H3;3H,1H2,2H3;2*1-2H3. The zero-order chi connectivity index (χ0) is 42.9. The van der Waals surface area contributed by atoms with E-state index in [1.54, 1.807) is 12.1 Å². The van der Waals surface area contributed by atoms with Gasteiger partial charge in [-0.15, -0.1) is 6.58 Å². The fourth-order valence-corrected chi connectivity index (χ4v) is 5.29. The third kappa shape index (κ3) is 15.1. The van der Waals surface area contributed by atoms with Gasteiger partial charge in [0.15, 0.2) is 5.84 Å². The molecule has 0 aliphatic heterocycles. The van der Waals surface area contributed by atoms with Gasteiger partial charge in [-0.1, -0.05) is 185 Å². The average Bonchev–Trinajstić information content (AvgIpc) is 3.59. The molecular weight excluding hydrogens is 699 g/mol. The van der Waals surface area contributed by atoms with Gasteiger partial charge in [0.2, 0.25) is 0 Å². The second-order valence-corrected chi connectivity index (χ2v) is 13.3. The third-order valence-corrected chi connectivity index (χ3v) is 7.88. The summed E-state index contributed by atoms with van der Waals surface area (Å²) < 4.78 is 6.26. The van der Waals surface area contributed by atoms with Crippen LogP contribution in [0.15, 0.2) is 143 Å². The molecule has 5 aromatic carbocycles. The van der Waals surface area contributed by atoms with E-state index in [-0.39, 0.29) is 5.75 Å². The Kier molecular flexibility index (Phi) is 23.4. The van der Waals surface area contributed by atoms with Crippen molar-refractivity contribution < 1.29 is 9.52 Å². The lowest BCUT2D eigenvalue weighted by atomic mass is 9.99. The molecule has 0 saturated carbocycles. The highest BCUT2D eigenvalue weighted by atomic mass is 16.3. The molecule has 57 heavy (non-hydrogen) atoms. The largest absolute Gasteiger partial charge is 0.507 e. The first-order chi connectivity index (χ1) is 27.5. The van der Waals surface area contributed by atoms with Crippen LogP contribution >= 0.6 is 0 Å². The fourth-order valence-electron chi connectivity index (χ4n) is 5.29. The van der Waals surface area contributed by atoms with Crippen molar-refractivity contribution in [3.63, 3.8) is 0 Å². The number of phenols is 1. The summed E-state index contributed by atoms with van der Waals surface area (Å²) in [5.41, 5.74) is 15.5. The Morgan fingerprint density at radius 2 is 1.26 bits per heavy atom. The molecule has 0 aliphatic rings. The number of amidine groups is 2. The molecule has 0 atom stereocenters. The first kappa shape index (κ1) is 49.3. The van der Waals surface area contributed by atoms with Crippen molar-refractivity contribution in [2.24, 2.45) is 15.7 Å². The maximum absolute atomic E-state index is 11.1. The lowest BCUT2D eigenvalue weighted by Gasteiger charge is -2.10. The summed E-state index contributed by atoms with van der Waals surface area (Å²) in [6.07, 6.45) is 4.25. The number of nitrogens with zero attached hydrogens (tertiary/aromatic N) is 2. The molecule has 0 amide bonds. The number of hydrogen-bond acceptors (Lipinski definition) is 3. The van der Waals surface area contributed by atoms with E-state index in [1.165, 1.54) is 18.4 Å². The molecule has 0 unspecified atom stereocenters. The normalized spacial score (nSPS) is 10.6. The molecule has 0 fully saturated rings. The minimum atomic E-state index is 0.135. The lowest BCUT2D eigenvalue weighted by molar-refractivity contribution is 0.477. The van der Waals surface area contributed by atoms with E-state index < -0.39 is 0 Å². The van der Waals surface area contributed by atoms with E-state index >= 15 is 0 Å². The topological polar surface area (TPSA) is 84.1 Å². The number of hydrogen-bond donors (Lipinski definition) is 2. The molecule has 3 N–H and O–H groups in total. The van der Waals surface area contributed by atoms with Crippen LogP contribution in [0.3, 0.4) is 0 Å². The highest BCUT2D eigenvalue weighted by Gasteiger charge is 2.13. The second kappa shape index (κ2) is 27.0. The molecule has 0 aliphatic carbocycles. The van der Waals surface area contributed by atoms with Gasteiger partial charge in [-0.2, -0.15) is 0 Å². The van der Waals surface area contributed by atoms with E-state index in [0.29, 0.717) is 29.7 Å². The van der Waals surface area contributed by atoms with Gasteiger partial charge < -0.3 is 15.3 Å². The molecule has 304 valence electrons. The zero-order valence-electron chi connectivity index (χ0n) is 36.9. The number of phenolic OH excluding ortho intramolecular Hbond substituents is 1. The Bertz CT molecular complexity index is 2130. The Labute approximate surface area is 344 Å². The van der Waals surface area contributed by atoms with Crippen molar-refractivity contribution in [3.05, 3.63) is 156 Å². The van der Waals surface area contributed by atoms with Crippen molar-refractivity contribution in [1.29, 1.82) is 0 Å². The minimum Gasteiger partial charge on any atom is -0.507 e. The van der Waals surface area contributed by atoms with Crippen molar-refractivity contribution >= 4 is 39.2 Å². The van der Waals surface area contributed by atoms with Crippen LogP contribution in [-0.2, 0) is 6.54 Å². The summed E-state index contributed by atoms with van der Waals surface area (Å²) in [7, 11) is 0. The van der Waals surface area contributed by atoms with Crippen LogP contribution in [-0.4, -0.2) is 16.8 Å². The van der Waals surface area contributed by atoms with Crippen molar-refractivity contribution in [2.45, 2.75) is 108 Å². The lowest BCUT2D eigenvalue weighted by Crippen LogP contribution is -2.16. The van der Waals surface area contributed by atoms with E-state index in [4.69, 9.17) is 20.1 Å². The number of benzene rings is 5. The summed E-state index contributed by atoms with van der Waals surface area (Å²) in [4.78, 5) is 9.62. The number of furan rings is 1. The third-order valence-electron chi connectivity index (χ3n) is 7.88. The van der Waals surface area contributed by atoms with Crippen molar-refractivity contribution in [1.82, 2.24) is 0 Å². The van der Waals surface area contributed by atoms with Crippen LogP contribution in [0.25, 0.3) is 38.6 Å². The number of fused-ring (bicyclic) bond motifs is 3. The van der Waals surface area contributed by atoms with Gasteiger partial charge in [0, 0.05) is 27.5 Å². The van der Waals surface area contributed by atoms with Gasteiger partial charge in [-0.25, -0.2) is 4.99 Å². The van der Waals surface area contributed by atoms with Crippen molar-refractivity contribution in [3.8, 4) is 16.9 Å². The van der Waals surface area contributed by atoms with Crippen LogP contribution < -0.4 is 5.73 Å². The molecule has 6 aromatic rings. The molecule has 6 rings (SSSR count). The molecule has 5 heteroatoms. The molecule has 0 saturated heterocycles. The Hall–Kier alpha value is -5.68. The van der Waals surface area contributed by atoms with Crippen molar-refractivity contribution in [2.75, 3.05) is 0 Å².